The zero-order valence-electron chi connectivity index (χ0n) is 11.4. The van der Waals surface area contributed by atoms with E-state index in [0.717, 1.165) is 24.2 Å². The van der Waals surface area contributed by atoms with Gasteiger partial charge in [-0.15, -0.1) is 0 Å². The summed E-state index contributed by atoms with van der Waals surface area (Å²) < 4.78 is 2.28. The van der Waals surface area contributed by atoms with Crippen molar-refractivity contribution < 1.29 is 0 Å². The number of fused-ring (bicyclic) bond motifs is 1. The normalized spacial score (nSPS) is 11.1. The summed E-state index contributed by atoms with van der Waals surface area (Å²) in [5.41, 5.74) is 4.76. The van der Waals surface area contributed by atoms with Crippen molar-refractivity contribution in [2.45, 2.75) is 26.7 Å². The van der Waals surface area contributed by atoms with Crippen molar-refractivity contribution in [3.63, 3.8) is 0 Å². The summed E-state index contributed by atoms with van der Waals surface area (Å²) in [5, 5.41) is 0. The van der Waals surface area contributed by atoms with Crippen molar-refractivity contribution in [3.8, 4) is 5.69 Å². The highest BCUT2D eigenvalue weighted by Gasteiger charge is 2.12. The molecule has 2 nitrogen and oxygen atoms in total. The van der Waals surface area contributed by atoms with Crippen LogP contribution in [0.15, 0.2) is 48.5 Å². The molecule has 0 amide bonds. The largest absolute Gasteiger partial charge is 0.296 e. The first kappa shape index (κ1) is 12.0. The van der Waals surface area contributed by atoms with Gasteiger partial charge >= 0.3 is 0 Å². The molecule has 0 aliphatic heterocycles. The number of aromatic nitrogens is 2. The van der Waals surface area contributed by atoms with Gasteiger partial charge in [-0.1, -0.05) is 37.3 Å². The molecule has 2 aromatic carbocycles. The highest BCUT2D eigenvalue weighted by molar-refractivity contribution is 5.81. The Morgan fingerprint density at radius 2 is 1.79 bits per heavy atom. The maximum absolute atomic E-state index is 4.84. The lowest BCUT2D eigenvalue weighted by molar-refractivity contribution is 0.818. The van der Waals surface area contributed by atoms with Crippen LogP contribution in [0.3, 0.4) is 0 Å². The first-order chi connectivity index (χ1) is 9.31. The number of hydrogen-bond acceptors (Lipinski definition) is 1. The van der Waals surface area contributed by atoms with Gasteiger partial charge in [0, 0.05) is 12.1 Å². The molecule has 19 heavy (non-hydrogen) atoms. The smallest absolute Gasteiger partial charge is 0.114 e. The first-order valence-electron chi connectivity index (χ1n) is 6.83. The Balaban J connectivity index is 2.32. The van der Waals surface area contributed by atoms with Crippen LogP contribution in [0.25, 0.3) is 16.7 Å². The molecule has 0 N–H and O–H groups in total. The van der Waals surface area contributed by atoms with Gasteiger partial charge in [-0.05, 0) is 37.1 Å². The van der Waals surface area contributed by atoms with Gasteiger partial charge in [0.25, 0.3) is 0 Å². The summed E-state index contributed by atoms with van der Waals surface area (Å²) in [6.07, 6.45) is 2.11. The Hall–Kier alpha value is -2.09. The number of imidazole rings is 1. The maximum Gasteiger partial charge on any atom is 0.114 e. The van der Waals surface area contributed by atoms with E-state index in [-0.39, 0.29) is 0 Å². The van der Waals surface area contributed by atoms with Gasteiger partial charge in [0.15, 0.2) is 0 Å². The molecular weight excluding hydrogens is 232 g/mol. The molecule has 0 spiro atoms. The van der Waals surface area contributed by atoms with Crippen molar-refractivity contribution in [2.24, 2.45) is 0 Å². The van der Waals surface area contributed by atoms with Crippen LogP contribution in [0.2, 0.25) is 0 Å². The van der Waals surface area contributed by atoms with Gasteiger partial charge in [-0.25, -0.2) is 4.98 Å². The van der Waals surface area contributed by atoms with E-state index >= 15 is 0 Å². The Kier molecular flexibility index (Phi) is 3.08. The number of hydrogen-bond donors (Lipinski definition) is 0. The maximum atomic E-state index is 4.84. The van der Waals surface area contributed by atoms with Crippen LogP contribution in [0, 0.1) is 6.92 Å². The summed E-state index contributed by atoms with van der Waals surface area (Å²) in [5.74, 6) is 1.15. The van der Waals surface area contributed by atoms with Crippen molar-refractivity contribution >= 4 is 11.0 Å². The molecule has 1 heterocycles. The molecule has 3 aromatic rings. The summed E-state index contributed by atoms with van der Waals surface area (Å²) in [6, 6.07) is 16.9. The third kappa shape index (κ3) is 2.03. The molecule has 1 aromatic heterocycles. The van der Waals surface area contributed by atoms with Crippen LogP contribution in [0.4, 0.5) is 0 Å². The topological polar surface area (TPSA) is 17.8 Å². The number of rotatable bonds is 3. The molecule has 0 aliphatic rings. The Morgan fingerprint density at radius 1 is 1.00 bits per heavy atom. The minimum absolute atomic E-state index is 1.00. The minimum Gasteiger partial charge on any atom is -0.296 e. The van der Waals surface area contributed by atoms with E-state index in [1.807, 2.05) is 6.07 Å². The van der Waals surface area contributed by atoms with E-state index in [1.165, 1.54) is 16.8 Å². The molecule has 0 aliphatic carbocycles. The van der Waals surface area contributed by atoms with E-state index in [0.29, 0.717) is 0 Å². The fourth-order valence-electron chi connectivity index (χ4n) is 2.54. The van der Waals surface area contributed by atoms with E-state index in [4.69, 9.17) is 4.98 Å². The van der Waals surface area contributed by atoms with Gasteiger partial charge in [-0.3, -0.25) is 4.57 Å². The average Bonchev–Trinajstić information content (AvgIpc) is 2.80. The second kappa shape index (κ2) is 4.88. The van der Waals surface area contributed by atoms with Crippen LogP contribution in [-0.2, 0) is 6.42 Å². The molecule has 0 fully saturated rings. The lowest BCUT2D eigenvalue weighted by atomic mass is 10.2. The predicted molar refractivity (Wildman–Crippen MR) is 79.8 cm³/mol. The molecule has 0 radical (unpaired) electrons. The van der Waals surface area contributed by atoms with Gasteiger partial charge in [0.2, 0.25) is 0 Å². The van der Waals surface area contributed by atoms with Crippen molar-refractivity contribution in [2.75, 3.05) is 0 Å². The van der Waals surface area contributed by atoms with Gasteiger partial charge in [0.05, 0.1) is 11.0 Å². The molecular formula is C17H18N2. The van der Waals surface area contributed by atoms with Crippen LogP contribution in [0.1, 0.15) is 24.7 Å². The fourth-order valence-corrected chi connectivity index (χ4v) is 2.54. The van der Waals surface area contributed by atoms with Crippen molar-refractivity contribution in [1.82, 2.24) is 9.55 Å². The van der Waals surface area contributed by atoms with Crippen LogP contribution < -0.4 is 0 Å². The SMILES string of the molecule is CCCc1nc2c(C)cccc2n1-c1ccccc1. The molecule has 0 bridgehead atoms. The quantitative estimate of drug-likeness (QED) is 0.678. The fraction of sp³-hybridized carbons (Fsp3) is 0.235. The first-order valence-corrected chi connectivity index (χ1v) is 6.83. The second-order valence-electron chi connectivity index (χ2n) is 4.89. The zero-order chi connectivity index (χ0) is 13.2. The Labute approximate surface area is 113 Å². The Morgan fingerprint density at radius 3 is 2.53 bits per heavy atom. The minimum atomic E-state index is 1.00. The standard InChI is InChI=1S/C17H18N2/c1-3-8-16-18-17-13(2)9-7-12-15(17)19(16)14-10-5-4-6-11-14/h4-7,9-12H,3,8H2,1-2H3. The lowest BCUT2D eigenvalue weighted by Crippen LogP contribution is -2.00. The predicted octanol–water partition coefficient (Wildman–Crippen LogP) is 4.29. The molecule has 0 saturated heterocycles. The molecule has 2 heteroatoms. The number of aryl methyl sites for hydroxylation is 2. The van der Waals surface area contributed by atoms with Crippen LogP contribution in [-0.4, -0.2) is 9.55 Å². The monoisotopic (exact) mass is 250 g/mol. The summed E-state index contributed by atoms with van der Waals surface area (Å²) >= 11 is 0. The van der Waals surface area contributed by atoms with Crippen molar-refractivity contribution in [1.29, 1.82) is 0 Å². The number of benzene rings is 2. The second-order valence-corrected chi connectivity index (χ2v) is 4.89. The van der Waals surface area contributed by atoms with Gasteiger partial charge < -0.3 is 0 Å². The van der Waals surface area contributed by atoms with Crippen LogP contribution in [0.5, 0.6) is 0 Å². The summed E-state index contributed by atoms with van der Waals surface area (Å²) in [6.45, 7) is 4.32. The summed E-state index contributed by atoms with van der Waals surface area (Å²) in [4.78, 5) is 4.84. The molecule has 0 unspecified atom stereocenters. The molecule has 0 saturated carbocycles. The molecule has 96 valence electrons. The third-order valence-corrected chi connectivity index (χ3v) is 3.44. The summed E-state index contributed by atoms with van der Waals surface area (Å²) in [7, 11) is 0. The third-order valence-electron chi connectivity index (χ3n) is 3.44. The molecule has 0 atom stereocenters. The van der Waals surface area contributed by atoms with Gasteiger partial charge in [-0.2, -0.15) is 0 Å². The zero-order valence-corrected chi connectivity index (χ0v) is 11.4. The van der Waals surface area contributed by atoms with Gasteiger partial charge in [0.1, 0.15) is 5.82 Å². The van der Waals surface area contributed by atoms with Crippen molar-refractivity contribution in [3.05, 3.63) is 59.9 Å². The average molecular weight is 250 g/mol. The highest BCUT2D eigenvalue weighted by Crippen LogP contribution is 2.24. The number of para-hydroxylation sites is 2. The van der Waals surface area contributed by atoms with E-state index < -0.39 is 0 Å². The van der Waals surface area contributed by atoms with E-state index in [1.54, 1.807) is 0 Å². The highest BCUT2D eigenvalue weighted by atomic mass is 15.1. The lowest BCUT2D eigenvalue weighted by Gasteiger charge is -2.08. The van der Waals surface area contributed by atoms with E-state index in [9.17, 15) is 0 Å². The van der Waals surface area contributed by atoms with E-state index in [2.05, 4.69) is 60.9 Å². The number of nitrogens with zero attached hydrogens (tertiary/aromatic N) is 2. The Bertz CT molecular complexity index is 696. The molecule has 3 rings (SSSR count). The van der Waals surface area contributed by atoms with Crippen LogP contribution >= 0.6 is 0 Å².